The normalized spacial score (nSPS) is 32.8. The van der Waals surface area contributed by atoms with E-state index in [-0.39, 0.29) is 36.8 Å². The highest BCUT2D eigenvalue weighted by Crippen LogP contribution is 2.42. The minimum Gasteiger partial charge on any atom is -0.348 e. The van der Waals surface area contributed by atoms with Gasteiger partial charge in [0.25, 0.3) is 0 Å². The Morgan fingerprint density at radius 3 is 2.20 bits per heavy atom. The first-order valence-electron chi connectivity index (χ1n) is 11.1. The van der Waals surface area contributed by atoms with E-state index >= 15 is 0 Å². The van der Waals surface area contributed by atoms with Crippen LogP contribution in [0, 0.1) is 23.6 Å². The Bertz CT molecular complexity index is 688. The Labute approximate surface area is 176 Å². The van der Waals surface area contributed by atoms with Crippen LogP contribution < -0.4 is 0 Å². The molecule has 1 aromatic rings. The van der Waals surface area contributed by atoms with Crippen LogP contribution in [0.5, 0.6) is 0 Å². The topological polar surface area (TPSA) is 36.9 Å². The molecule has 1 aromatic carbocycles. The third kappa shape index (κ3) is 5.18. The van der Waals surface area contributed by atoms with Gasteiger partial charge in [0.1, 0.15) is 5.82 Å². The molecule has 0 atom stereocenters. The van der Waals surface area contributed by atoms with Crippen molar-refractivity contribution < 1.29 is 32.1 Å². The number of benzene rings is 1. The van der Waals surface area contributed by atoms with E-state index in [1.54, 1.807) is 0 Å². The van der Waals surface area contributed by atoms with Crippen molar-refractivity contribution in [3.63, 3.8) is 0 Å². The standard InChI is InChI=1S/C23H31F3O4/c1-2-3-15-11-27-22(28-12-15)18-8-9-20(21(24)10-18)17-6-4-16(5-7-17)19-13-29-23(25,26)30-14-19/h8-10,15-17,19,22H,2-7,11-14H2,1H3. The fourth-order valence-electron chi connectivity index (χ4n) is 5.00. The predicted molar refractivity (Wildman–Crippen MR) is 104 cm³/mol. The van der Waals surface area contributed by atoms with Gasteiger partial charge in [0.2, 0.25) is 0 Å². The molecule has 2 saturated heterocycles. The van der Waals surface area contributed by atoms with Gasteiger partial charge in [-0.25, -0.2) is 4.39 Å². The van der Waals surface area contributed by atoms with Crippen LogP contribution in [0.1, 0.15) is 68.8 Å². The average molecular weight is 428 g/mol. The van der Waals surface area contributed by atoms with Crippen LogP contribution in [0.3, 0.4) is 0 Å². The van der Waals surface area contributed by atoms with Crippen molar-refractivity contribution in [2.24, 2.45) is 17.8 Å². The first kappa shape index (κ1) is 22.1. The molecule has 4 nitrogen and oxygen atoms in total. The van der Waals surface area contributed by atoms with Crippen LogP contribution in [-0.2, 0) is 18.9 Å². The molecule has 3 fully saturated rings. The minimum absolute atomic E-state index is 0.0186. The summed E-state index contributed by atoms with van der Waals surface area (Å²) in [7, 11) is 0. The second-order valence-electron chi connectivity index (χ2n) is 8.89. The summed E-state index contributed by atoms with van der Waals surface area (Å²) in [6.45, 7) is 3.47. The van der Waals surface area contributed by atoms with Crippen LogP contribution in [0.4, 0.5) is 13.2 Å². The Morgan fingerprint density at radius 2 is 1.60 bits per heavy atom. The maximum Gasteiger partial charge on any atom is 0.485 e. The van der Waals surface area contributed by atoms with Gasteiger partial charge in [0.15, 0.2) is 6.29 Å². The van der Waals surface area contributed by atoms with Crippen LogP contribution in [0.15, 0.2) is 18.2 Å². The summed E-state index contributed by atoms with van der Waals surface area (Å²) in [6, 6.07) is 5.30. The van der Waals surface area contributed by atoms with Crippen molar-refractivity contribution in [1.29, 1.82) is 0 Å². The molecule has 1 saturated carbocycles. The van der Waals surface area contributed by atoms with Crippen LogP contribution in [-0.4, -0.2) is 32.7 Å². The molecule has 2 aliphatic heterocycles. The van der Waals surface area contributed by atoms with Gasteiger partial charge in [-0.2, -0.15) is 0 Å². The summed E-state index contributed by atoms with van der Waals surface area (Å²) in [5.41, 5.74) is 1.44. The second kappa shape index (κ2) is 9.55. The second-order valence-corrected chi connectivity index (χ2v) is 8.89. The first-order valence-corrected chi connectivity index (χ1v) is 11.1. The van der Waals surface area contributed by atoms with Crippen molar-refractivity contribution in [3.8, 4) is 0 Å². The predicted octanol–water partition coefficient (Wildman–Crippen LogP) is 5.77. The molecule has 0 radical (unpaired) electrons. The van der Waals surface area contributed by atoms with Gasteiger partial charge in [-0.15, -0.1) is 8.78 Å². The van der Waals surface area contributed by atoms with Crippen molar-refractivity contribution in [2.75, 3.05) is 26.4 Å². The van der Waals surface area contributed by atoms with Gasteiger partial charge in [-0.1, -0.05) is 25.5 Å². The molecule has 0 bridgehead atoms. The van der Waals surface area contributed by atoms with Gasteiger partial charge in [-0.3, -0.25) is 9.47 Å². The zero-order valence-electron chi connectivity index (χ0n) is 17.5. The van der Waals surface area contributed by atoms with E-state index in [1.165, 1.54) is 6.07 Å². The number of hydrogen-bond acceptors (Lipinski definition) is 4. The summed E-state index contributed by atoms with van der Waals surface area (Å²) in [5.74, 6) is 0.596. The lowest BCUT2D eigenvalue weighted by Crippen LogP contribution is -2.40. The number of rotatable bonds is 5. The maximum absolute atomic E-state index is 14.9. The molecule has 1 aliphatic carbocycles. The van der Waals surface area contributed by atoms with E-state index in [0.717, 1.165) is 49.7 Å². The number of alkyl halides is 2. The number of ether oxygens (including phenoxy) is 4. The van der Waals surface area contributed by atoms with Gasteiger partial charge in [0.05, 0.1) is 26.4 Å². The smallest absolute Gasteiger partial charge is 0.348 e. The van der Waals surface area contributed by atoms with Crippen LogP contribution >= 0.6 is 0 Å². The molecule has 0 N–H and O–H groups in total. The molecule has 7 heteroatoms. The SMILES string of the molecule is CCCC1COC(c2ccc(C3CCC(C4COC(F)(F)OC4)CC3)c(F)c2)OC1. The Kier molecular flexibility index (Phi) is 7.02. The Hall–Kier alpha value is -1.15. The highest BCUT2D eigenvalue weighted by atomic mass is 19.3. The Balaban J connectivity index is 1.30. The highest BCUT2D eigenvalue weighted by Gasteiger charge is 2.41. The quantitative estimate of drug-likeness (QED) is 0.596. The van der Waals surface area contributed by atoms with Crippen molar-refractivity contribution in [2.45, 2.75) is 64.0 Å². The molecule has 0 aromatic heterocycles. The molecule has 2 heterocycles. The summed E-state index contributed by atoms with van der Waals surface area (Å²) in [6.07, 6.45) is 1.62. The average Bonchev–Trinajstić information content (AvgIpc) is 2.75. The summed E-state index contributed by atoms with van der Waals surface area (Å²) >= 11 is 0. The van der Waals surface area contributed by atoms with Gasteiger partial charge in [-0.05, 0) is 55.6 Å². The fourth-order valence-corrected chi connectivity index (χ4v) is 5.00. The summed E-state index contributed by atoms with van der Waals surface area (Å²) in [4.78, 5) is 0. The molecule has 0 unspecified atom stereocenters. The lowest BCUT2D eigenvalue weighted by molar-refractivity contribution is -0.423. The van der Waals surface area contributed by atoms with Crippen LogP contribution in [0.25, 0.3) is 0 Å². The molecular weight excluding hydrogens is 397 g/mol. The maximum atomic E-state index is 14.9. The number of hydrogen-bond donors (Lipinski definition) is 0. The molecule has 0 spiro atoms. The van der Waals surface area contributed by atoms with E-state index in [9.17, 15) is 13.2 Å². The lowest BCUT2D eigenvalue weighted by Gasteiger charge is -2.37. The van der Waals surface area contributed by atoms with E-state index in [1.807, 2.05) is 12.1 Å². The van der Waals surface area contributed by atoms with Gasteiger partial charge < -0.3 is 9.47 Å². The molecule has 30 heavy (non-hydrogen) atoms. The van der Waals surface area contributed by atoms with Crippen LogP contribution in [0.2, 0.25) is 0 Å². The summed E-state index contributed by atoms with van der Waals surface area (Å²) < 4.78 is 61.5. The molecular formula is C23H31F3O4. The third-order valence-corrected chi connectivity index (χ3v) is 6.77. The largest absolute Gasteiger partial charge is 0.485 e. The monoisotopic (exact) mass is 428 g/mol. The Morgan fingerprint density at radius 1 is 0.933 bits per heavy atom. The van der Waals surface area contributed by atoms with Gasteiger partial charge in [0, 0.05) is 17.4 Å². The highest BCUT2D eigenvalue weighted by molar-refractivity contribution is 5.28. The molecule has 3 aliphatic rings. The number of halogens is 3. The molecule has 168 valence electrons. The van der Waals surface area contributed by atoms with E-state index in [2.05, 4.69) is 16.4 Å². The van der Waals surface area contributed by atoms with E-state index in [0.29, 0.717) is 19.1 Å². The zero-order valence-corrected chi connectivity index (χ0v) is 17.5. The first-order chi connectivity index (χ1) is 14.4. The van der Waals surface area contributed by atoms with E-state index in [4.69, 9.17) is 9.47 Å². The fraction of sp³-hybridized carbons (Fsp3) is 0.739. The molecule has 4 rings (SSSR count). The third-order valence-electron chi connectivity index (χ3n) is 6.77. The molecule has 0 amide bonds. The van der Waals surface area contributed by atoms with Crippen molar-refractivity contribution in [3.05, 3.63) is 35.1 Å². The van der Waals surface area contributed by atoms with Crippen molar-refractivity contribution >= 4 is 0 Å². The van der Waals surface area contributed by atoms with Gasteiger partial charge >= 0.3 is 6.29 Å². The van der Waals surface area contributed by atoms with Crippen molar-refractivity contribution in [1.82, 2.24) is 0 Å². The zero-order chi connectivity index (χ0) is 21.1. The van der Waals surface area contributed by atoms with E-state index < -0.39 is 12.6 Å². The summed E-state index contributed by atoms with van der Waals surface area (Å²) in [5, 5.41) is 0. The lowest BCUT2D eigenvalue weighted by atomic mass is 9.74. The minimum atomic E-state index is -3.46.